The molecule has 1 aromatic heterocycles. The second kappa shape index (κ2) is 11.1. The molecule has 33 heavy (non-hydrogen) atoms. The lowest BCUT2D eigenvalue weighted by Gasteiger charge is -2.38. The van der Waals surface area contributed by atoms with Crippen LogP contribution in [0.25, 0.3) is 0 Å². The van der Waals surface area contributed by atoms with E-state index in [0.29, 0.717) is 6.04 Å². The number of aromatic nitrogens is 3. The molecule has 1 saturated heterocycles. The summed E-state index contributed by atoms with van der Waals surface area (Å²) in [6, 6.07) is 16.8. The van der Waals surface area contributed by atoms with E-state index >= 15 is 0 Å². The Bertz CT molecular complexity index is 1000. The van der Waals surface area contributed by atoms with Gasteiger partial charge in [0.05, 0.1) is 17.0 Å². The smallest absolute Gasteiger partial charge is 0.241 e. The number of piperidine rings is 1. The standard InChI is InChI=1S/C23H30ClN7OS/c1-33(32)29-20-8-4-18(5-9-20)16-31(13-10-17-2-6-19(24)7-3-17)21-11-14-30(15-12-21)23-26-22(25)27-28-23/h2-9,21,29H,10-16H2,1H3,(H3,25,26,27,28). The lowest BCUT2D eigenvalue weighted by molar-refractivity contribution is 0.162. The van der Waals surface area contributed by atoms with Crippen LogP contribution in [0, 0.1) is 0 Å². The maximum absolute atomic E-state index is 11.4. The van der Waals surface area contributed by atoms with Gasteiger partial charge in [-0.15, -0.1) is 5.10 Å². The van der Waals surface area contributed by atoms with Gasteiger partial charge in [0.2, 0.25) is 11.9 Å². The second-order valence-electron chi connectivity index (χ2n) is 8.34. The number of nitrogens with zero attached hydrogens (tertiary/aromatic N) is 4. The molecular weight excluding hydrogens is 458 g/mol. The van der Waals surface area contributed by atoms with Crippen LogP contribution in [0.2, 0.25) is 5.02 Å². The van der Waals surface area contributed by atoms with Crippen LogP contribution in [0.1, 0.15) is 24.0 Å². The van der Waals surface area contributed by atoms with Crippen LogP contribution in [0.3, 0.4) is 0 Å². The third-order valence-corrected chi connectivity index (χ3v) is 6.75. The summed E-state index contributed by atoms with van der Waals surface area (Å²) in [5.41, 5.74) is 9.06. The zero-order chi connectivity index (χ0) is 23.2. The zero-order valence-electron chi connectivity index (χ0n) is 18.7. The van der Waals surface area contributed by atoms with Crippen molar-refractivity contribution in [2.24, 2.45) is 0 Å². The van der Waals surface area contributed by atoms with Gasteiger partial charge in [-0.25, -0.2) is 9.82 Å². The van der Waals surface area contributed by atoms with Gasteiger partial charge in [-0.05, 0) is 54.7 Å². The number of nitrogens with two attached hydrogens (primary N) is 1. The van der Waals surface area contributed by atoms with Crippen LogP contribution >= 0.6 is 11.6 Å². The lowest BCUT2D eigenvalue weighted by Crippen LogP contribution is -2.45. The molecule has 2 heterocycles. The van der Waals surface area contributed by atoms with Gasteiger partial charge in [0, 0.05) is 37.2 Å². The summed E-state index contributed by atoms with van der Waals surface area (Å²) in [4.78, 5) is 9.05. The molecule has 10 heteroatoms. The molecule has 8 nitrogen and oxygen atoms in total. The minimum absolute atomic E-state index is 0.279. The van der Waals surface area contributed by atoms with E-state index in [1.807, 2.05) is 24.3 Å². The summed E-state index contributed by atoms with van der Waals surface area (Å²) in [7, 11) is 0. The van der Waals surface area contributed by atoms with Gasteiger partial charge >= 0.3 is 0 Å². The van der Waals surface area contributed by atoms with Crippen molar-refractivity contribution < 1.29 is 4.55 Å². The predicted molar refractivity (Wildman–Crippen MR) is 136 cm³/mol. The van der Waals surface area contributed by atoms with Gasteiger partial charge < -0.3 is 15.2 Å². The van der Waals surface area contributed by atoms with E-state index in [1.165, 1.54) is 11.1 Å². The average molecular weight is 488 g/mol. The van der Waals surface area contributed by atoms with Crippen LogP contribution in [-0.4, -0.2) is 56.6 Å². The molecular formula is C23H30ClN7OS. The first-order valence-corrected chi connectivity index (χ1v) is 13.0. The van der Waals surface area contributed by atoms with Crippen LogP contribution in [-0.2, 0) is 24.3 Å². The number of anilines is 3. The van der Waals surface area contributed by atoms with Gasteiger partial charge in [-0.2, -0.15) is 4.98 Å². The van der Waals surface area contributed by atoms with Crippen molar-refractivity contribution in [1.29, 1.82) is 0 Å². The Hall–Kier alpha value is -2.46. The van der Waals surface area contributed by atoms with E-state index in [-0.39, 0.29) is 5.95 Å². The maximum atomic E-state index is 11.4. The molecule has 1 unspecified atom stereocenters. The molecule has 1 aliphatic heterocycles. The molecule has 3 aromatic rings. The van der Waals surface area contributed by atoms with Crippen LogP contribution < -0.4 is 15.4 Å². The number of nitrogens with one attached hydrogen (secondary N) is 2. The summed E-state index contributed by atoms with van der Waals surface area (Å²) >= 11 is 4.98. The maximum Gasteiger partial charge on any atom is 0.241 e. The zero-order valence-corrected chi connectivity index (χ0v) is 20.3. The molecule has 1 fully saturated rings. The second-order valence-corrected chi connectivity index (χ2v) is 9.88. The van der Waals surface area contributed by atoms with Crippen molar-refractivity contribution in [1.82, 2.24) is 20.1 Å². The minimum Gasteiger partial charge on any atom is -0.593 e. The third kappa shape index (κ3) is 6.77. The molecule has 2 aromatic carbocycles. The number of benzene rings is 2. The van der Waals surface area contributed by atoms with E-state index < -0.39 is 11.4 Å². The first kappa shape index (κ1) is 23.7. The molecule has 4 N–H and O–H groups in total. The highest BCUT2D eigenvalue weighted by atomic mass is 35.5. The first-order chi connectivity index (χ1) is 16.0. The number of nitrogen functional groups attached to an aromatic ring is 1. The summed E-state index contributed by atoms with van der Waals surface area (Å²) in [5.74, 6) is 1.02. The van der Waals surface area contributed by atoms with Crippen molar-refractivity contribution in [2.45, 2.75) is 31.8 Å². The predicted octanol–water partition coefficient (Wildman–Crippen LogP) is 3.46. The summed E-state index contributed by atoms with van der Waals surface area (Å²) in [6.45, 7) is 3.63. The highest BCUT2D eigenvalue weighted by Gasteiger charge is 2.26. The van der Waals surface area contributed by atoms with Crippen molar-refractivity contribution in [3.63, 3.8) is 0 Å². The number of H-pyrrole nitrogens is 1. The number of rotatable bonds is 9. The molecule has 0 spiro atoms. The topological polar surface area (TPSA) is 109 Å². The van der Waals surface area contributed by atoms with E-state index in [1.54, 1.807) is 6.26 Å². The Labute approximate surface area is 202 Å². The van der Waals surface area contributed by atoms with Crippen LogP contribution in [0.4, 0.5) is 17.6 Å². The Kier molecular flexibility index (Phi) is 7.97. The monoisotopic (exact) mass is 487 g/mol. The highest BCUT2D eigenvalue weighted by Crippen LogP contribution is 2.23. The highest BCUT2D eigenvalue weighted by molar-refractivity contribution is 7.92. The fourth-order valence-corrected chi connectivity index (χ4v) is 4.84. The van der Waals surface area contributed by atoms with Crippen molar-refractivity contribution in [2.75, 3.05) is 41.2 Å². The molecule has 1 atom stereocenters. The molecule has 4 rings (SSSR count). The summed E-state index contributed by atoms with van der Waals surface area (Å²) in [6.07, 6.45) is 4.67. The first-order valence-electron chi connectivity index (χ1n) is 11.1. The quantitative estimate of drug-likeness (QED) is 0.396. The molecule has 0 aliphatic carbocycles. The summed E-state index contributed by atoms with van der Waals surface area (Å²) in [5, 5.41) is 7.63. The fraction of sp³-hybridized carbons (Fsp3) is 0.391. The number of halogens is 1. The van der Waals surface area contributed by atoms with Crippen LogP contribution in [0.15, 0.2) is 48.5 Å². The minimum atomic E-state index is -1.08. The molecule has 0 saturated carbocycles. The Morgan fingerprint density at radius 2 is 1.82 bits per heavy atom. The van der Waals surface area contributed by atoms with E-state index in [2.05, 4.69) is 54.0 Å². The van der Waals surface area contributed by atoms with E-state index in [0.717, 1.165) is 62.1 Å². The van der Waals surface area contributed by atoms with Crippen molar-refractivity contribution in [3.05, 3.63) is 64.7 Å². The van der Waals surface area contributed by atoms with Gasteiger partial charge in [0.15, 0.2) is 0 Å². The number of aromatic amines is 1. The molecule has 0 radical (unpaired) electrons. The normalized spacial score (nSPS) is 15.7. The molecule has 0 bridgehead atoms. The molecule has 1 aliphatic rings. The van der Waals surface area contributed by atoms with E-state index in [4.69, 9.17) is 17.3 Å². The Balaban J connectivity index is 1.42. The van der Waals surface area contributed by atoms with Crippen molar-refractivity contribution in [3.8, 4) is 0 Å². The SMILES string of the molecule is C[S+]([O-])Nc1ccc(CN(CCc2ccc(Cl)cc2)C2CCN(c3nc(N)n[nH]3)CC2)cc1. The summed E-state index contributed by atoms with van der Waals surface area (Å²) < 4.78 is 14.4. The lowest BCUT2D eigenvalue weighted by atomic mass is 10.0. The average Bonchev–Trinajstić information content (AvgIpc) is 3.25. The van der Waals surface area contributed by atoms with Crippen LogP contribution in [0.5, 0.6) is 0 Å². The number of hydrogen-bond donors (Lipinski definition) is 3. The fourth-order valence-electron chi connectivity index (χ4n) is 4.24. The largest absolute Gasteiger partial charge is 0.593 e. The molecule has 0 amide bonds. The number of hydrogen-bond acceptors (Lipinski definition) is 7. The van der Waals surface area contributed by atoms with Gasteiger partial charge in [-0.1, -0.05) is 35.9 Å². The van der Waals surface area contributed by atoms with Crippen molar-refractivity contribution >= 4 is 40.5 Å². The third-order valence-electron chi connectivity index (χ3n) is 5.97. The van der Waals surface area contributed by atoms with Gasteiger partial charge in [0.1, 0.15) is 6.26 Å². The molecule has 176 valence electrons. The van der Waals surface area contributed by atoms with Gasteiger partial charge in [-0.3, -0.25) is 4.90 Å². The van der Waals surface area contributed by atoms with E-state index in [9.17, 15) is 4.55 Å². The Morgan fingerprint density at radius 1 is 1.15 bits per heavy atom. The Morgan fingerprint density at radius 3 is 2.42 bits per heavy atom. The van der Waals surface area contributed by atoms with Gasteiger partial charge in [0.25, 0.3) is 0 Å².